The standard InChI is InChI=1S/C20H27NO2/c1-3-14-21-16(2)19(22)15-23-20(17-10-6-4-7-11-17)18-12-8-5-9-13-18/h4-13,16,19-22H,3,14-15H2,1-2H3/t16-,19+/m1/s1. The molecule has 0 radical (unpaired) electrons. The van der Waals surface area contributed by atoms with Gasteiger partial charge in [-0.2, -0.15) is 0 Å². The number of benzene rings is 2. The summed E-state index contributed by atoms with van der Waals surface area (Å²) in [6, 6.07) is 20.3. The fraction of sp³-hybridized carbons (Fsp3) is 0.400. The molecule has 0 aliphatic rings. The van der Waals surface area contributed by atoms with Crippen LogP contribution in [0.1, 0.15) is 37.5 Å². The summed E-state index contributed by atoms with van der Waals surface area (Å²) in [6.07, 6.45) is 0.357. The smallest absolute Gasteiger partial charge is 0.108 e. The van der Waals surface area contributed by atoms with Crippen LogP contribution in [0.2, 0.25) is 0 Å². The maximum atomic E-state index is 10.3. The molecule has 0 bridgehead atoms. The second-order valence-electron chi connectivity index (χ2n) is 5.84. The lowest BCUT2D eigenvalue weighted by Gasteiger charge is -2.24. The second-order valence-corrected chi connectivity index (χ2v) is 5.84. The van der Waals surface area contributed by atoms with Gasteiger partial charge in [0.25, 0.3) is 0 Å². The Labute approximate surface area is 139 Å². The monoisotopic (exact) mass is 313 g/mol. The third kappa shape index (κ3) is 5.47. The van der Waals surface area contributed by atoms with E-state index in [1.165, 1.54) is 0 Å². The van der Waals surface area contributed by atoms with E-state index in [9.17, 15) is 5.11 Å². The quantitative estimate of drug-likeness (QED) is 0.744. The van der Waals surface area contributed by atoms with Gasteiger partial charge in [-0.1, -0.05) is 67.6 Å². The highest BCUT2D eigenvalue weighted by Gasteiger charge is 2.19. The summed E-state index contributed by atoms with van der Waals surface area (Å²) in [5.41, 5.74) is 2.19. The summed E-state index contributed by atoms with van der Waals surface area (Å²) < 4.78 is 6.09. The van der Waals surface area contributed by atoms with Gasteiger partial charge in [0, 0.05) is 6.04 Å². The van der Waals surface area contributed by atoms with Gasteiger partial charge in [-0.15, -0.1) is 0 Å². The van der Waals surface area contributed by atoms with E-state index >= 15 is 0 Å². The van der Waals surface area contributed by atoms with E-state index < -0.39 is 6.10 Å². The van der Waals surface area contributed by atoms with Crippen molar-refractivity contribution in [2.45, 2.75) is 38.5 Å². The maximum absolute atomic E-state index is 10.3. The number of ether oxygens (including phenoxy) is 1. The molecule has 2 aromatic carbocycles. The maximum Gasteiger partial charge on any atom is 0.108 e. The molecule has 0 saturated heterocycles. The summed E-state index contributed by atoms with van der Waals surface area (Å²) in [5.74, 6) is 0. The second kappa shape index (κ2) is 9.46. The van der Waals surface area contributed by atoms with Crippen LogP contribution in [0.4, 0.5) is 0 Å². The van der Waals surface area contributed by atoms with Crippen LogP contribution in [0.3, 0.4) is 0 Å². The zero-order valence-corrected chi connectivity index (χ0v) is 14.0. The number of aliphatic hydroxyl groups excluding tert-OH is 1. The molecule has 2 rings (SSSR count). The lowest BCUT2D eigenvalue weighted by atomic mass is 10.0. The summed E-state index contributed by atoms with van der Waals surface area (Å²) in [4.78, 5) is 0. The molecule has 23 heavy (non-hydrogen) atoms. The molecule has 0 fully saturated rings. The molecule has 0 aromatic heterocycles. The molecule has 0 aliphatic heterocycles. The highest BCUT2D eigenvalue weighted by molar-refractivity contribution is 5.29. The molecular formula is C20H27NO2. The molecule has 2 N–H and O–H groups in total. The van der Waals surface area contributed by atoms with E-state index in [4.69, 9.17) is 4.74 Å². The Kier molecular flexibility index (Phi) is 7.27. The van der Waals surface area contributed by atoms with Gasteiger partial charge >= 0.3 is 0 Å². The van der Waals surface area contributed by atoms with Gasteiger partial charge < -0.3 is 15.2 Å². The highest BCUT2D eigenvalue weighted by Crippen LogP contribution is 2.26. The molecule has 3 nitrogen and oxygen atoms in total. The van der Waals surface area contributed by atoms with Gasteiger partial charge in [0.15, 0.2) is 0 Å². The fourth-order valence-electron chi connectivity index (χ4n) is 2.49. The summed E-state index contributed by atoms with van der Waals surface area (Å²) >= 11 is 0. The number of hydrogen-bond acceptors (Lipinski definition) is 3. The van der Waals surface area contributed by atoms with E-state index in [2.05, 4.69) is 36.5 Å². The molecule has 2 aromatic rings. The first-order valence-corrected chi connectivity index (χ1v) is 8.35. The molecule has 0 spiro atoms. The third-order valence-electron chi connectivity index (χ3n) is 3.93. The average molecular weight is 313 g/mol. The molecule has 0 saturated carbocycles. The van der Waals surface area contributed by atoms with Gasteiger partial charge in [0.2, 0.25) is 0 Å². The Hall–Kier alpha value is -1.68. The normalized spacial score (nSPS) is 13.9. The number of aliphatic hydroxyl groups is 1. The summed E-state index contributed by atoms with van der Waals surface area (Å²) in [6.45, 7) is 5.30. The predicted molar refractivity (Wildman–Crippen MR) is 94.4 cm³/mol. The van der Waals surface area contributed by atoms with E-state index in [1.807, 2.05) is 43.3 Å². The average Bonchev–Trinajstić information content (AvgIpc) is 2.61. The molecular weight excluding hydrogens is 286 g/mol. The first-order valence-electron chi connectivity index (χ1n) is 8.35. The topological polar surface area (TPSA) is 41.5 Å². The number of rotatable bonds is 9. The number of hydrogen-bond donors (Lipinski definition) is 2. The van der Waals surface area contributed by atoms with E-state index in [1.54, 1.807) is 0 Å². The van der Waals surface area contributed by atoms with Crippen molar-refractivity contribution >= 4 is 0 Å². The molecule has 0 amide bonds. The van der Waals surface area contributed by atoms with Crippen molar-refractivity contribution in [2.24, 2.45) is 0 Å². The lowest BCUT2D eigenvalue weighted by molar-refractivity contribution is -0.00698. The molecule has 0 aliphatic carbocycles. The Balaban J connectivity index is 2.04. The van der Waals surface area contributed by atoms with Crippen molar-refractivity contribution < 1.29 is 9.84 Å². The van der Waals surface area contributed by atoms with Gasteiger partial charge in [-0.25, -0.2) is 0 Å². The van der Waals surface area contributed by atoms with Crippen molar-refractivity contribution in [1.82, 2.24) is 5.32 Å². The Morgan fingerprint density at radius 2 is 1.48 bits per heavy atom. The molecule has 3 heteroatoms. The van der Waals surface area contributed by atoms with E-state index in [-0.39, 0.29) is 12.1 Å². The van der Waals surface area contributed by atoms with Gasteiger partial charge in [0.1, 0.15) is 6.10 Å². The van der Waals surface area contributed by atoms with Crippen LogP contribution in [0.15, 0.2) is 60.7 Å². The zero-order chi connectivity index (χ0) is 16.5. The molecule has 0 heterocycles. The first-order chi connectivity index (χ1) is 11.2. The van der Waals surface area contributed by atoms with Crippen LogP contribution < -0.4 is 5.32 Å². The highest BCUT2D eigenvalue weighted by atomic mass is 16.5. The largest absolute Gasteiger partial charge is 0.389 e. The number of nitrogens with one attached hydrogen (secondary N) is 1. The predicted octanol–water partition coefficient (Wildman–Crippen LogP) is 3.54. The summed E-state index contributed by atoms with van der Waals surface area (Å²) in [5, 5.41) is 13.6. The van der Waals surface area contributed by atoms with E-state index in [0.717, 1.165) is 24.1 Å². The van der Waals surface area contributed by atoms with Crippen molar-refractivity contribution in [3.05, 3.63) is 71.8 Å². The van der Waals surface area contributed by atoms with Gasteiger partial charge in [-0.3, -0.25) is 0 Å². The van der Waals surface area contributed by atoms with Crippen LogP contribution in [0.5, 0.6) is 0 Å². The van der Waals surface area contributed by atoms with E-state index in [0.29, 0.717) is 6.61 Å². The Morgan fingerprint density at radius 1 is 0.957 bits per heavy atom. The van der Waals surface area contributed by atoms with Crippen molar-refractivity contribution in [3.63, 3.8) is 0 Å². The minimum atomic E-state index is -0.531. The minimum Gasteiger partial charge on any atom is -0.389 e. The fourth-order valence-corrected chi connectivity index (χ4v) is 2.49. The van der Waals surface area contributed by atoms with Crippen LogP contribution >= 0.6 is 0 Å². The Morgan fingerprint density at radius 3 is 1.96 bits per heavy atom. The van der Waals surface area contributed by atoms with Crippen LogP contribution in [0.25, 0.3) is 0 Å². The SMILES string of the molecule is CCCN[C@H](C)[C@@H](O)COC(c1ccccc1)c1ccccc1. The zero-order valence-electron chi connectivity index (χ0n) is 14.0. The van der Waals surface area contributed by atoms with Gasteiger partial charge in [0.05, 0.1) is 12.7 Å². The lowest BCUT2D eigenvalue weighted by Crippen LogP contribution is -2.40. The van der Waals surface area contributed by atoms with Crippen molar-refractivity contribution in [2.75, 3.05) is 13.2 Å². The molecule has 124 valence electrons. The minimum absolute atomic E-state index is 0.0159. The van der Waals surface area contributed by atoms with Crippen LogP contribution in [0, 0.1) is 0 Å². The van der Waals surface area contributed by atoms with Crippen LogP contribution in [-0.4, -0.2) is 30.4 Å². The Bertz CT molecular complexity index is 505. The third-order valence-corrected chi connectivity index (χ3v) is 3.93. The summed E-state index contributed by atoms with van der Waals surface area (Å²) in [7, 11) is 0. The molecule has 0 unspecified atom stereocenters. The van der Waals surface area contributed by atoms with Gasteiger partial charge in [-0.05, 0) is 31.0 Å². The first kappa shape index (κ1) is 17.7. The van der Waals surface area contributed by atoms with Crippen LogP contribution in [-0.2, 0) is 4.74 Å². The molecule has 2 atom stereocenters. The van der Waals surface area contributed by atoms with Crippen molar-refractivity contribution in [1.29, 1.82) is 0 Å². The van der Waals surface area contributed by atoms with Crippen molar-refractivity contribution in [3.8, 4) is 0 Å².